The second-order valence-corrected chi connectivity index (χ2v) is 3.67. The monoisotopic (exact) mass is 226 g/mol. The summed E-state index contributed by atoms with van der Waals surface area (Å²) in [5.74, 6) is -0.247. The smallest absolute Gasteiger partial charge is 0.150 e. The fourth-order valence-electron chi connectivity index (χ4n) is 1.49. The van der Waals surface area contributed by atoms with E-state index in [-0.39, 0.29) is 5.82 Å². The number of benzene rings is 2. The molecule has 0 N–H and O–H groups in total. The number of carbonyl (C=O) groups is 1. The fraction of sp³-hybridized carbons (Fsp3) is 0. The summed E-state index contributed by atoms with van der Waals surface area (Å²) in [6, 6.07) is 13.6. The van der Waals surface area contributed by atoms with Crippen LogP contribution in [0.2, 0.25) is 0 Å². The van der Waals surface area contributed by atoms with Crippen molar-refractivity contribution in [1.82, 2.24) is 0 Å². The van der Waals surface area contributed by atoms with Crippen molar-refractivity contribution >= 4 is 18.4 Å². The molecule has 0 bridgehead atoms. The van der Waals surface area contributed by atoms with Gasteiger partial charge in [0, 0.05) is 5.56 Å². The second kappa shape index (κ2) is 5.21. The van der Waals surface area contributed by atoms with E-state index in [1.807, 2.05) is 30.4 Å². The minimum Gasteiger partial charge on any atom is -0.298 e. The zero-order chi connectivity index (χ0) is 12.1. The molecule has 0 saturated heterocycles. The minimum absolute atomic E-state index is 0.247. The molecule has 0 aliphatic rings. The van der Waals surface area contributed by atoms with E-state index in [9.17, 15) is 9.18 Å². The molecule has 2 heteroatoms. The molecule has 2 aromatic rings. The maximum atomic E-state index is 12.9. The van der Waals surface area contributed by atoms with Crippen LogP contribution in [0.1, 0.15) is 21.5 Å². The largest absolute Gasteiger partial charge is 0.298 e. The van der Waals surface area contributed by atoms with Crippen LogP contribution in [0, 0.1) is 5.82 Å². The molecule has 0 unspecified atom stereocenters. The first-order valence-corrected chi connectivity index (χ1v) is 5.27. The van der Waals surface area contributed by atoms with Crippen LogP contribution >= 0.6 is 0 Å². The first-order chi connectivity index (χ1) is 8.28. The van der Waals surface area contributed by atoms with Gasteiger partial charge < -0.3 is 0 Å². The normalized spacial score (nSPS) is 10.6. The first-order valence-electron chi connectivity index (χ1n) is 5.27. The average Bonchev–Trinajstić information content (AvgIpc) is 2.37. The van der Waals surface area contributed by atoms with Gasteiger partial charge in [0.05, 0.1) is 0 Å². The van der Waals surface area contributed by atoms with Crippen molar-refractivity contribution in [3.8, 4) is 0 Å². The van der Waals surface area contributed by atoms with Gasteiger partial charge >= 0.3 is 0 Å². The molecule has 0 spiro atoms. The average molecular weight is 226 g/mol. The van der Waals surface area contributed by atoms with E-state index in [1.54, 1.807) is 18.2 Å². The molecule has 0 atom stereocenters. The van der Waals surface area contributed by atoms with Crippen molar-refractivity contribution in [2.45, 2.75) is 0 Å². The Balaban J connectivity index is 2.17. The Hall–Kier alpha value is -2.22. The third-order valence-corrected chi connectivity index (χ3v) is 2.39. The van der Waals surface area contributed by atoms with Crippen molar-refractivity contribution in [2.24, 2.45) is 0 Å². The summed E-state index contributed by atoms with van der Waals surface area (Å²) < 4.78 is 12.9. The van der Waals surface area contributed by atoms with Gasteiger partial charge in [-0.1, -0.05) is 48.6 Å². The van der Waals surface area contributed by atoms with Gasteiger partial charge in [-0.2, -0.15) is 0 Å². The Morgan fingerprint density at radius 1 is 0.824 bits per heavy atom. The number of rotatable bonds is 3. The van der Waals surface area contributed by atoms with E-state index >= 15 is 0 Å². The molecule has 2 aromatic carbocycles. The molecule has 0 aliphatic heterocycles. The van der Waals surface area contributed by atoms with Crippen LogP contribution in [-0.4, -0.2) is 6.29 Å². The summed E-state index contributed by atoms with van der Waals surface area (Å²) in [5, 5.41) is 0. The van der Waals surface area contributed by atoms with Crippen LogP contribution in [-0.2, 0) is 0 Å². The van der Waals surface area contributed by atoms with Gasteiger partial charge in [-0.05, 0) is 23.3 Å². The van der Waals surface area contributed by atoms with Crippen LogP contribution in [0.3, 0.4) is 0 Å². The third-order valence-electron chi connectivity index (χ3n) is 2.39. The Morgan fingerprint density at radius 3 is 2.12 bits per heavy atom. The highest BCUT2D eigenvalue weighted by Crippen LogP contribution is 2.10. The van der Waals surface area contributed by atoms with Crippen LogP contribution < -0.4 is 0 Å². The Morgan fingerprint density at radius 2 is 1.47 bits per heavy atom. The summed E-state index contributed by atoms with van der Waals surface area (Å²) >= 11 is 0. The maximum Gasteiger partial charge on any atom is 0.150 e. The zero-order valence-corrected chi connectivity index (χ0v) is 9.14. The van der Waals surface area contributed by atoms with Gasteiger partial charge in [-0.15, -0.1) is 0 Å². The summed E-state index contributed by atoms with van der Waals surface area (Å²) in [6.45, 7) is 0. The number of halogens is 1. The standard InChI is InChI=1S/C15H11FO/c16-15-3-1-2-13(10-15)7-4-12-5-8-14(11-17)9-6-12/h1-11H/b7-4+. The van der Waals surface area contributed by atoms with Crippen LogP contribution in [0.15, 0.2) is 48.5 Å². The van der Waals surface area contributed by atoms with E-state index in [0.29, 0.717) is 5.56 Å². The minimum atomic E-state index is -0.247. The molecular weight excluding hydrogens is 215 g/mol. The summed E-state index contributed by atoms with van der Waals surface area (Å²) in [6.07, 6.45) is 4.52. The van der Waals surface area contributed by atoms with Gasteiger partial charge in [0.2, 0.25) is 0 Å². The molecule has 0 aromatic heterocycles. The van der Waals surface area contributed by atoms with Crippen LogP contribution in [0.5, 0.6) is 0 Å². The van der Waals surface area contributed by atoms with Gasteiger partial charge in [0.15, 0.2) is 0 Å². The van der Waals surface area contributed by atoms with Gasteiger partial charge in [-0.25, -0.2) is 4.39 Å². The number of hydrogen-bond donors (Lipinski definition) is 0. The van der Waals surface area contributed by atoms with Crippen molar-refractivity contribution in [1.29, 1.82) is 0 Å². The number of aldehydes is 1. The third kappa shape index (κ3) is 3.11. The summed E-state index contributed by atoms with van der Waals surface area (Å²) in [5.41, 5.74) is 2.43. The molecule has 0 amide bonds. The van der Waals surface area contributed by atoms with Crippen LogP contribution in [0.4, 0.5) is 4.39 Å². The molecule has 0 fully saturated rings. The highest BCUT2D eigenvalue weighted by Gasteiger charge is 1.92. The van der Waals surface area contributed by atoms with Crippen molar-refractivity contribution in [3.63, 3.8) is 0 Å². The lowest BCUT2D eigenvalue weighted by molar-refractivity contribution is 0.112. The molecule has 0 aliphatic carbocycles. The Labute approximate surface area is 99.2 Å². The molecule has 0 radical (unpaired) electrons. The maximum absolute atomic E-state index is 12.9. The zero-order valence-electron chi connectivity index (χ0n) is 9.14. The van der Waals surface area contributed by atoms with Gasteiger partial charge in [0.25, 0.3) is 0 Å². The number of carbonyl (C=O) groups excluding carboxylic acids is 1. The van der Waals surface area contributed by atoms with E-state index in [1.165, 1.54) is 12.1 Å². The van der Waals surface area contributed by atoms with Crippen molar-refractivity contribution in [2.75, 3.05) is 0 Å². The van der Waals surface area contributed by atoms with Crippen molar-refractivity contribution < 1.29 is 9.18 Å². The lowest BCUT2D eigenvalue weighted by Crippen LogP contribution is -1.79. The molecular formula is C15H11FO. The Kier molecular flexibility index (Phi) is 3.46. The lowest BCUT2D eigenvalue weighted by Gasteiger charge is -1.95. The molecule has 0 saturated carbocycles. The Bertz CT molecular complexity index is 541. The second-order valence-electron chi connectivity index (χ2n) is 3.67. The molecule has 1 nitrogen and oxygen atoms in total. The quantitative estimate of drug-likeness (QED) is 0.574. The van der Waals surface area contributed by atoms with Crippen LogP contribution in [0.25, 0.3) is 12.2 Å². The van der Waals surface area contributed by atoms with Crippen molar-refractivity contribution in [3.05, 3.63) is 71.0 Å². The van der Waals surface area contributed by atoms with E-state index in [0.717, 1.165) is 17.4 Å². The first kappa shape index (κ1) is 11.3. The van der Waals surface area contributed by atoms with Gasteiger partial charge in [-0.3, -0.25) is 4.79 Å². The fourth-order valence-corrected chi connectivity index (χ4v) is 1.49. The SMILES string of the molecule is O=Cc1ccc(/C=C/c2cccc(F)c2)cc1. The topological polar surface area (TPSA) is 17.1 Å². The molecule has 0 heterocycles. The molecule has 17 heavy (non-hydrogen) atoms. The summed E-state index contributed by atoms with van der Waals surface area (Å²) in [7, 11) is 0. The predicted molar refractivity (Wildman–Crippen MR) is 67.2 cm³/mol. The van der Waals surface area contributed by atoms with E-state index in [4.69, 9.17) is 0 Å². The van der Waals surface area contributed by atoms with E-state index < -0.39 is 0 Å². The van der Waals surface area contributed by atoms with E-state index in [2.05, 4.69) is 0 Å². The summed E-state index contributed by atoms with van der Waals surface area (Å²) in [4.78, 5) is 10.5. The number of hydrogen-bond acceptors (Lipinski definition) is 1. The highest BCUT2D eigenvalue weighted by atomic mass is 19.1. The van der Waals surface area contributed by atoms with Gasteiger partial charge in [0.1, 0.15) is 12.1 Å². The lowest BCUT2D eigenvalue weighted by atomic mass is 10.1. The predicted octanol–water partition coefficient (Wildman–Crippen LogP) is 3.81. The molecule has 2 rings (SSSR count). The highest BCUT2D eigenvalue weighted by molar-refractivity contribution is 5.76. The molecule has 84 valence electrons.